The smallest absolute Gasteiger partial charge is 0.222 e. The fourth-order valence-electron chi connectivity index (χ4n) is 1.35. The summed E-state index contributed by atoms with van der Waals surface area (Å²) < 4.78 is 13.0. The van der Waals surface area contributed by atoms with Gasteiger partial charge in [-0.25, -0.2) is 14.4 Å². The predicted octanol–water partition coefficient (Wildman–Crippen LogP) is 3.24. The summed E-state index contributed by atoms with van der Waals surface area (Å²) in [5.41, 5.74) is 2.23. The first-order valence-electron chi connectivity index (χ1n) is 4.42. The molecule has 2 rings (SSSR count). The summed E-state index contributed by atoms with van der Waals surface area (Å²) in [7, 11) is 0. The lowest BCUT2D eigenvalue weighted by Crippen LogP contribution is -1.91. The van der Waals surface area contributed by atoms with Gasteiger partial charge in [-0.05, 0) is 36.2 Å². The Morgan fingerprint density at radius 1 is 1.33 bits per heavy atom. The lowest BCUT2D eigenvalue weighted by molar-refractivity contribution is 0.628. The van der Waals surface area contributed by atoms with E-state index in [0.29, 0.717) is 11.3 Å². The average Bonchev–Trinajstić information content (AvgIpc) is 2.22. The van der Waals surface area contributed by atoms with Gasteiger partial charge >= 0.3 is 0 Å². The van der Waals surface area contributed by atoms with E-state index >= 15 is 0 Å². The van der Waals surface area contributed by atoms with Gasteiger partial charge in [-0.2, -0.15) is 0 Å². The van der Waals surface area contributed by atoms with Crippen LogP contribution in [0.15, 0.2) is 30.5 Å². The lowest BCUT2D eigenvalue weighted by atomic mass is 10.1. The van der Waals surface area contributed by atoms with Crippen LogP contribution in [0.5, 0.6) is 0 Å². The third kappa shape index (κ3) is 2.13. The van der Waals surface area contributed by atoms with Gasteiger partial charge in [0.15, 0.2) is 0 Å². The van der Waals surface area contributed by atoms with Gasteiger partial charge in [0, 0.05) is 11.8 Å². The maximum Gasteiger partial charge on any atom is 0.222 e. The maximum absolute atomic E-state index is 13.0. The minimum Gasteiger partial charge on any atom is -0.226 e. The van der Waals surface area contributed by atoms with Crippen LogP contribution in [-0.4, -0.2) is 9.97 Å². The van der Waals surface area contributed by atoms with E-state index in [9.17, 15) is 4.39 Å². The highest BCUT2D eigenvalue weighted by Crippen LogP contribution is 2.22. The van der Waals surface area contributed by atoms with Gasteiger partial charge in [0.25, 0.3) is 0 Å². The van der Waals surface area contributed by atoms with Crippen LogP contribution in [0.2, 0.25) is 5.28 Å². The van der Waals surface area contributed by atoms with E-state index in [1.54, 1.807) is 18.3 Å². The zero-order chi connectivity index (χ0) is 10.8. The van der Waals surface area contributed by atoms with E-state index in [1.807, 2.05) is 6.92 Å². The Kier molecular flexibility index (Phi) is 2.64. The highest BCUT2D eigenvalue weighted by atomic mass is 35.5. The van der Waals surface area contributed by atoms with Crippen molar-refractivity contribution in [3.05, 3.63) is 47.1 Å². The van der Waals surface area contributed by atoms with E-state index in [0.717, 1.165) is 5.56 Å². The molecule has 0 bridgehead atoms. The monoisotopic (exact) mass is 222 g/mol. The summed E-state index contributed by atoms with van der Waals surface area (Å²) in [4.78, 5) is 7.92. The molecule has 2 aromatic rings. The largest absolute Gasteiger partial charge is 0.226 e. The average molecular weight is 223 g/mol. The van der Waals surface area contributed by atoms with Crippen molar-refractivity contribution >= 4 is 11.6 Å². The summed E-state index contributed by atoms with van der Waals surface area (Å²) >= 11 is 5.69. The van der Waals surface area contributed by atoms with Crippen LogP contribution in [0.25, 0.3) is 11.3 Å². The van der Waals surface area contributed by atoms with Gasteiger partial charge < -0.3 is 0 Å². The molecule has 0 aliphatic carbocycles. The minimum atomic E-state index is -0.290. The zero-order valence-corrected chi connectivity index (χ0v) is 8.79. The first-order valence-corrected chi connectivity index (χ1v) is 4.79. The number of nitrogens with zero attached hydrogens (tertiary/aromatic N) is 2. The first-order chi connectivity index (χ1) is 7.16. The molecule has 2 nitrogen and oxygen atoms in total. The van der Waals surface area contributed by atoms with Crippen molar-refractivity contribution in [2.75, 3.05) is 0 Å². The molecule has 0 N–H and O–H groups in total. The molecular formula is C11H8ClFN2. The van der Waals surface area contributed by atoms with Crippen LogP contribution in [0.4, 0.5) is 4.39 Å². The van der Waals surface area contributed by atoms with Crippen LogP contribution in [-0.2, 0) is 0 Å². The van der Waals surface area contributed by atoms with Gasteiger partial charge in [-0.15, -0.1) is 0 Å². The first kappa shape index (κ1) is 10.1. The molecule has 4 heteroatoms. The van der Waals surface area contributed by atoms with E-state index < -0.39 is 0 Å². The molecule has 0 radical (unpaired) electrons. The van der Waals surface area contributed by atoms with Gasteiger partial charge in [0.05, 0.1) is 5.69 Å². The molecule has 0 atom stereocenters. The molecule has 0 amide bonds. The molecule has 1 aromatic carbocycles. The normalized spacial score (nSPS) is 10.3. The van der Waals surface area contributed by atoms with Crippen molar-refractivity contribution in [3.8, 4) is 11.3 Å². The van der Waals surface area contributed by atoms with E-state index in [1.165, 1.54) is 12.1 Å². The standard InChI is InChI=1S/C11H8ClFN2/c1-7-6-14-11(12)15-10(7)8-3-2-4-9(13)5-8/h2-6H,1H3. The lowest BCUT2D eigenvalue weighted by Gasteiger charge is -2.04. The van der Waals surface area contributed by atoms with Crippen LogP contribution < -0.4 is 0 Å². The second-order valence-corrected chi connectivity index (χ2v) is 3.52. The Hall–Kier alpha value is -1.48. The quantitative estimate of drug-likeness (QED) is 0.693. The number of rotatable bonds is 1. The highest BCUT2D eigenvalue weighted by Gasteiger charge is 2.05. The molecule has 0 spiro atoms. The highest BCUT2D eigenvalue weighted by molar-refractivity contribution is 6.28. The fraction of sp³-hybridized carbons (Fsp3) is 0.0909. The molecule has 0 aliphatic rings. The van der Waals surface area contributed by atoms with Crippen LogP contribution in [0, 0.1) is 12.7 Å². The number of halogens is 2. The number of hydrogen-bond acceptors (Lipinski definition) is 2. The molecule has 0 fully saturated rings. The van der Waals surface area contributed by atoms with Crippen LogP contribution >= 0.6 is 11.6 Å². The Morgan fingerprint density at radius 2 is 2.13 bits per heavy atom. The van der Waals surface area contributed by atoms with Gasteiger partial charge in [-0.3, -0.25) is 0 Å². The molecule has 1 aromatic heterocycles. The van der Waals surface area contributed by atoms with E-state index in [-0.39, 0.29) is 11.1 Å². The van der Waals surface area contributed by atoms with Gasteiger partial charge in [0.2, 0.25) is 5.28 Å². The minimum absolute atomic E-state index is 0.167. The molecule has 76 valence electrons. The number of aromatic nitrogens is 2. The topological polar surface area (TPSA) is 25.8 Å². The summed E-state index contributed by atoms with van der Waals surface area (Å²) in [6.07, 6.45) is 1.62. The van der Waals surface area contributed by atoms with Crippen LogP contribution in [0.3, 0.4) is 0 Å². The van der Waals surface area contributed by atoms with Gasteiger partial charge in [-0.1, -0.05) is 12.1 Å². The molecule has 0 aliphatic heterocycles. The zero-order valence-electron chi connectivity index (χ0n) is 8.04. The number of benzene rings is 1. The fourth-order valence-corrected chi connectivity index (χ4v) is 1.48. The molecule has 15 heavy (non-hydrogen) atoms. The van der Waals surface area contributed by atoms with Crippen molar-refractivity contribution in [1.82, 2.24) is 9.97 Å². The van der Waals surface area contributed by atoms with Crippen molar-refractivity contribution in [3.63, 3.8) is 0 Å². The summed E-state index contributed by atoms with van der Waals surface area (Å²) in [5, 5.41) is 0.167. The van der Waals surface area contributed by atoms with E-state index in [2.05, 4.69) is 9.97 Å². The second kappa shape index (κ2) is 3.95. The maximum atomic E-state index is 13.0. The summed E-state index contributed by atoms with van der Waals surface area (Å²) in [6.45, 7) is 1.86. The molecular weight excluding hydrogens is 215 g/mol. The molecule has 1 heterocycles. The Bertz CT molecular complexity index is 500. The Balaban J connectivity index is 2.58. The van der Waals surface area contributed by atoms with E-state index in [4.69, 9.17) is 11.6 Å². The Labute approximate surface area is 91.8 Å². The van der Waals surface area contributed by atoms with Crippen molar-refractivity contribution in [1.29, 1.82) is 0 Å². The number of hydrogen-bond donors (Lipinski definition) is 0. The van der Waals surface area contributed by atoms with Crippen LogP contribution in [0.1, 0.15) is 5.56 Å². The summed E-state index contributed by atoms with van der Waals surface area (Å²) in [5.74, 6) is -0.290. The summed E-state index contributed by atoms with van der Waals surface area (Å²) in [6, 6.07) is 6.24. The molecule has 0 saturated heterocycles. The Morgan fingerprint density at radius 3 is 2.87 bits per heavy atom. The van der Waals surface area contributed by atoms with Crippen molar-refractivity contribution in [2.45, 2.75) is 6.92 Å². The second-order valence-electron chi connectivity index (χ2n) is 3.18. The SMILES string of the molecule is Cc1cnc(Cl)nc1-c1cccc(F)c1. The number of aryl methyl sites for hydroxylation is 1. The van der Waals surface area contributed by atoms with Crippen molar-refractivity contribution in [2.24, 2.45) is 0 Å². The predicted molar refractivity (Wildman–Crippen MR) is 57.2 cm³/mol. The third-order valence-electron chi connectivity index (χ3n) is 2.04. The third-order valence-corrected chi connectivity index (χ3v) is 2.22. The van der Waals surface area contributed by atoms with Gasteiger partial charge in [0.1, 0.15) is 5.82 Å². The molecule has 0 saturated carbocycles. The van der Waals surface area contributed by atoms with Crippen molar-refractivity contribution < 1.29 is 4.39 Å². The molecule has 0 unspecified atom stereocenters.